The van der Waals surface area contributed by atoms with Crippen molar-refractivity contribution >= 4 is 11.7 Å². The van der Waals surface area contributed by atoms with Gasteiger partial charge in [-0.2, -0.15) is 9.90 Å². The third-order valence-corrected chi connectivity index (χ3v) is 4.48. The summed E-state index contributed by atoms with van der Waals surface area (Å²) in [6.07, 6.45) is 10.8. The van der Waals surface area contributed by atoms with Crippen LogP contribution in [0.5, 0.6) is 0 Å². The molecule has 7 heteroatoms. The second-order valence-electron chi connectivity index (χ2n) is 6.16. The van der Waals surface area contributed by atoms with Crippen LogP contribution in [0, 0.1) is 0 Å². The molecular formula is C15H20N6O. The lowest BCUT2D eigenvalue weighted by Gasteiger charge is -2.23. The Morgan fingerprint density at radius 2 is 2.23 bits per heavy atom. The molecule has 2 aromatic rings. The van der Waals surface area contributed by atoms with Crippen LogP contribution in [0.1, 0.15) is 49.7 Å². The van der Waals surface area contributed by atoms with E-state index < -0.39 is 0 Å². The first-order valence-corrected chi connectivity index (χ1v) is 8.04. The summed E-state index contributed by atoms with van der Waals surface area (Å²) in [4.78, 5) is 18.4. The molecule has 3 heterocycles. The van der Waals surface area contributed by atoms with Crippen molar-refractivity contribution in [1.82, 2.24) is 24.5 Å². The lowest BCUT2D eigenvalue weighted by atomic mass is 9.94. The first-order valence-electron chi connectivity index (χ1n) is 8.04. The van der Waals surface area contributed by atoms with Crippen LogP contribution in [0.25, 0.3) is 0 Å². The molecule has 22 heavy (non-hydrogen) atoms. The van der Waals surface area contributed by atoms with E-state index in [4.69, 9.17) is 0 Å². The Balaban J connectivity index is 1.37. The largest absolute Gasteiger partial charge is 0.335 e. The normalized spacial score (nSPS) is 17.8. The van der Waals surface area contributed by atoms with Gasteiger partial charge in [-0.15, -0.1) is 5.10 Å². The van der Waals surface area contributed by atoms with Gasteiger partial charge in [0.05, 0.1) is 24.4 Å². The van der Waals surface area contributed by atoms with Gasteiger partial charge < -0.3 is 9.88 Å². The zero-order valence-electron chi connectivity index (χ0n) is 12.5. The summed E-state index contributed by atoms with van der Waals surface area (Å²) >= 11 is 0. The summed E-state index contributed by atoms with van der Waals surface area (Å²) in [6, 6.07) is 0.408. The van der Waals surface area contributed by atoms with Gasteiger partial charge in [-0.05, 0) is 32.1 Å². The van der Waals surface area contributed by atoms with Gasteiger partial charge in [-0.3, -0.25) is 4.79 Å². The number of amides is 1. The minimum atomic E-state index is -0.0869. The van der Waals surface area contributed by atoms with Crippen LogP contribution in [0.4, 0.5) is 5.82 Å². The first kappa shape index (κ1) is 13.5. The van der Waals surface area contributed by atoms with Crippen molar-refractivity contribution in [2.75, 3.05) is 5.32 Å². The zero-order valence-corrected chi connectivity index (χ0v) is 12.5. The van der Waals surface area contributed by atoms with E-state index in [-0.39, 0.29) is 12.3 Å². The fraction of sp³-hybridized carbons (Fsp3) is 0.600. The van der Waals surface area contributed by atoms with E-state index in [2.05, 4.69) is 25.1 Å². The average molecular weight is 300 g/mol. The van der Waals surface area contributed by atoms with Crippen LogP contribution in [0.3, 0.4) is 0 Å². The number of nitrogens with zero attached hydrogens (tertiary/aromatic N) is 5. The Bertz CT molecular complexity index is 661. The second-order valence-corrected chi connectivity index (χ2v) is 6.16. The molecule has 2 aliphatic rings. The highest BCUT2D eigenvalue weighted by molar-refractivity contribution is 5.90. The van der Waals surface area contributed by atoms with Gasteiger partial charge in [-0.1, -0.05) is 0 Å². The number of nitrogens with one attached hydrogen (secondary N) is 1. The smallest absolute Gasteiger partial charge is 0.231 e. The Morgan fingerprint density at radius 3 is 3.00 bits per heavy atom. The molecule has 1 amide bonds. The topological polar surface area (TPSA) is 77.6 Å². The molecule has 116 valence electrons. The van der Waals surface area contributed by atoms with Crippen molar-refractivity contribution in [1.29, 1.82) is 0 Å². The van der Waals surface area contributed by atoms with Crippen molar-refractivity contribution in [2.24, 2.45) is 0 Å². The molecule has 2 aromatic heterocycles. The van der Waals surface area contributed by atoms with Gasteiger partial charge in [0, 0.05) is 19.2 Å². The van der Waals surface area contributed by atoms with E-state index >= 15 is 0 Å². The number of anilines is 1. The van der Waals surface area contributed by atoms with Crippen LogP contribution < -0.4 is 5.32 Å². The van der Waals surface area contributed by atoms with Crippen LogP contribution in [0.15, 0.2) is 12.4 Å². The highest BCUT2D eigenvalue weighted by Gasteiger charge is 2.22. The van der Waals surface area contributed by atoms with E-state index in [0.29, 0.717) is 11.9 Å². The molecule has 0 unspecified atom stereocenters. The van der Waals surface area contributed by atoms with Crippen molar-refractivity contribution in [3.05, 3.63) is 23.9 Å². The predicted octanol–water partition coefficient (Wildman–Crippen LogP) is 1.72. The number of aryl methyl sites for hydroxylation is 2. The number of imidazole rings is 1. The number of carbonyl (C=O) groups is 1. The average Bonchev–Trinajstić information content (AvgIpc) is 3.03. The molecule has 0 bridgehead atoms. The summed E-state index contributed by atoms with van der Waals surface area (Å²) in [6.45, 7) is 1.01. The maximum Gasteiger partial charge on any atom is 0.231 e. The van der Waals surface area contributed by atoms with Crippen molar-refractivity contribution in [3.63, 3.8) is 0 Å². The van der Waals surface area contributed by atoms with Gasteiger partial charge in [0.15, 0.2) is 5.82 Å². The second kappa shape index (κ2) is 5.55. The standard InChI is InChI=1S/C15H20N6O/c22-15(8-11-10-20-7-2-1-6-14(20)17-11)18-13-9-16-21(19-13)12-4-3-5-12/h9-10,12H,1-8H2,(H,18,19,22). The molecule has 0 spiro atoms. The van der Waals surface area contributed by atoms with E-state index in [1.54, 1.807) is 11.0 Å². The minimum Gasteiger partial charge on any atom is -0.335 e. The molecular weight excluding hydrogens is 280 g/mol. The van der Waals surface area contributed by atoms with E-state index in [1.165, 1.54) is 19.3 Å². The molecule has 1 aliphatic heterocycles. The van der Waals surface area contributed by atoms with Gasteiger partial charge in [-0.25, -0.2) is 4.98 Å². The van der Waals surface area contributed by atoms with Gasteiger partial charge in [0.1, 0.15) is 5.82 Å². The number of carbonyl (C=O) groups excluding carboxylic acids is 1. The van der Waals surface area contributed by atoms with Crippen molar-refractivity contribution in [2.45, 2.75) is 57.5 Å². The number of rotatable bonds is 4. The Kier molecular flexibility index (Phi) is 3.40. The molecule has 1 fully saturated rings. The van der Waals surface area contributed by atoms with Crippen LogP contribution >= 0.6 is 0 Å². The quantitative estimate of drug-likeness (QED) is 0.932. The lowest BCUT2D eigenvalue weighted by Crippen LogP contribution is -2.20. The molecule has 0 atom stereocenters. The molecule has 0 radical (unpaired) electrons. The van der Waals surface area contributed by atoms with E-state index in [0.717, 1.165) is 37.3 Å². The van der Waals surface area contributed by atoms with Gasteiger partial charge >= 0.3 is 0 Å². The summed E-state index contributed by atoms with van der Waals surface area (Å²) in [7, 11) is 0. The molecule has 0 saturated heterocycles. The minimum absolute atomic E-state index is 0.0869. The summed E-state index contributed by atoms with van der Waals surface area (Å²) in [5.74, 6) is 1.54. The zero-order chi connectivity index (χ0) is 14.9. The summed E-state index contributed by atoms with van der Waals surface area (Å²) in [5.41, 5.74) is 0.834. The highest BCUT2D eigenvalue weighted by Crippen LogP contribution is 2.30. The monoisotopic (exact) mass is 300 g/mol. The molecule has 1 saturated carbocycles. The molecule has 1 aliphatic carbocycles. The maximum absolute atomic E-state index is 12.1. The molecule has 4 rings (SSSR count). The van der Waals surface area contributed by atoms with E-state index in [1.807, 2.05) is 6.20 Å². The first-order chi connectivity index (χ1) is 10.8. The predicted molar refractivity (Wildman–Crippen MR) is 80.4 cm³/mol. The number of hydrogen-bond donors (Lipinski definition) is 1. The fourth-order valence-corrected chi connectivity index (χ4v) is 3.04. The fourth-order valence-electron chi connectivity index (χ4n) is 3.04. The Morgan fingerprint density at radius 1 is 1.32 bits per heavy atom. The molecule has 7 nitrogen and oxygen atoms in total. The third kappa shape index (κ3) is 2.63. The molecule has 1 N–H and O–H groups in total. The van der Waals surface area contributed by atoms with E-state index in [9.17, 15) is 4.79 Å². The van der Waals surface area contributed by atoms with Crippen LogP contribution in [-0.2, 0) is 24.2 Å². The number of fused-ring (bicyclic) bond motifs is 1. The van der Waals surface area contributed by atoms with Crippen LogP contribution in [0.2, 0.25) is 0 Å². The van der Waals surface area contributed by atoms with Crippen molar-refractivity contribution in [3.8, 4) is 0 Å². The Hall–Kier alpha value is -2.18. The highest BCUT2D eigenvalue weighted by atomic mass is 16.1. The summed E-state index contributed by atoms with van der Waals surface area (Å²) < 4.78 is 2.17. The number of aromatic nitrogens is 5. The van der Waals surface area contributed by atoms with Crippen LogP contribution in [-0.4, -0.2) is 30.5 Å². The Labute approximate surface area is 128 Å². The lowest BCUT2D eigenvalue weighted by molar-refractivity contribution is -0.115. The summed E-state index contributed by atoms with van der Waals surface area (Å²) in [5, 5.41) is 11.4. The SMILES string of the molecule is O=C(Cc1cn2c(n1)CCCC2)Nc1cnn(C2CCC2)n1. The number of hydrogen-bond acceptors (Lipinski definition) is 4. The van der Waals surface area contributed by atoms with Gasteiger partial charge in [0.2, 0.25) is 5.91 Å². The maximum atomic E-state index is 12.1. The van der Waals surface area contributed by atoms with Crippen molar-refractivity contribution < 1.29 is 4.79 Å². The molecule has 0 aromatic carbocycles. The third-order valence-electron chi connectivity index (χ3n) is 4.48. The van der Waals surface area contributed by atoms with Gasteiger partial charge in [0.25, 0.3) is 0 Å².